The zero-order valence-corrected chi connectivity index (χ0v) is 7.42. The quantitative estimate of drug-likeness (QED) is 0.392. The summed E-state index contributed by atoms with van der Waals surface area (Å²) in [6, 6.07) is 0. The van der Waals surface area contributed by atoms with Crippen molar-refractivity contribution in [2.45, 2.75) is 6.10 Å². The molecule has 0 spiro atoms. The van der Waals surface area contributed by atoms with E-state index in [-0.39, 0.29) is 4.70 Å². The van der Waals surface area contributed by atoms with E-state index in [9.17, 15) is 30.3 Å². The number of halogens is 1. The van der Waals surface area contributed by atoms with E-state index in [4.69, 9.17) is 0 Å². The van der Waals surface area contributed by atoms with Gasteiger partial charge < -0.3 is 14.5 Å². The maximum atomic E-state index is 9.83. The van der Waals surface area contributed by atoms with Gasteiger partial charge in [-0.2, -0.15) is 0 Å². The average molecular weight is 247 g/mol. The van der Waals surface area contributed by atoms with Crippen LogP contribution in [0, 0.1) is 30.3 Å². The smallest absolute Gasteiger partial charge is 0.294 e. The molecule has 0 saturated heterocycles. The highest BCUT2D eigenvalue weighted by Gasteiger charge is 2.17. The molecule has 0 atom stereocenters. The maximum Gasteiger partial charge on any atom is 0.294 e. The Labute approximate surface area is 85.4 Å². The minimum absolute atomic E-state index is 0. The van der Waals surface area contributed by atoms with Crippen LogP contribution in [0.25, 0.3) is 0 Å². The van der Waals surface area contributed by atoms with Gasteiger partial charge in [-0.05, 0) is 0 Å². The topological polar surface area (TPSA) is 157 Å². The lowest BCUT2D eigenvalue weighted by molar-refractivity contribution is -0.803. The molecule has 12 nitrogen and oxygen atoms in total. The maximum absolute atomic E-state index is 9.83. The van der Waals surface area contributed by atoms with Gasteiger partial charge in [0.25, 0.3) is 15.3 Å². The fraction of sp³-hybridized carbons (Fsp3) is 1.00. The van der Waals surface area contributed by atoms with Gasteiger partial charge in [-0.15, -0.1) is 30.3 Å². The van der Waals surface area contributed by atoms with Crippen molar-refractivity contribution in [1.29, 1.82) is 0 Å². The first kappa shape index (κ1) is 16.0. The van der Waals surface area contributed by atoms with E-state index in [1.165, 1.54) is 0 Å². The predicted molar refractivity (Wildman–Crippen MR) is 40.3 cm³/mol. The predicted octanol–water partition coefficient (Wildman–Crippen LogP) is -0.868. The first-order chi connectivity index (χ1) is 6.91. The van der Waals surface area contributed by atoms with Gasteiger partial charge in [0.2, 0.25) is 0 Å². The Morgan fingerprint density at radius 1 is 0.875 bits per heavy atom. The molecular formula is C3H6FN3O9. The lowest BCUT2D eigenvalue weighted by Crippen LogP contribution is -2.30. The summed E-state index contributed by atoms with van der Waals surface area (Å²) >= 11 is 0. The number of rotatable bonds is 8. The fourth-order valence-corrected chi connectivity index (χ4v) is 0.519. The first-order valence-corrected chi connectivity index (χ1v) is 3.27. The Hall–Kier alpha value is -2.47. The van der Waals surface area contributed by atoms with Crippen LogP contribution in [0.2, 0.25) is 0 Å². The highest BCUT2D eigenvalue weighted by atomic mass is 19.0. The lowest BCUT2D eigenvalue weighted by atomic mass is 10.4. The van der Waals surface area contributed by atoms with E-state index in [1.54, 1.807) is 0 Å². The normalized spacial score (nSPS) is 8.81. The van der Waals surface area contributed by atoms with Crippen molar-refractivity contribution < 1.29 is 34.5 Å². The van der Waals surface area contributed by atoms with Gasteiger partial charge in [0, 0.05) is 0 Å². The molecule has 0 heterocycles. The van der Waals surface area contributed by atoms with Crippen molar-refractivity contribution in [2.75, 3.05) is 13.2 Å². The van der Waals surface area contributed by atoms with Crippen LogP contribution in [0.1, 0.15) is 0 Å². The first-order valence-electron chi connectivity index (χ1n) is 3.27. The van der Waals surface area contributed by atoms with Crippen LogP contribution in [-0.2, 0) is 14.5 Å². The molecule has 94 valence electrons. The van der Waals surface area contributed by atoms with Gasteiger partial charge in [0.05, 0.1) is 0 Å². The van der Waals surface area contributed by atoms with E-state index < -0.39 is 34.6 Å². The molecule has 0 rings (SSSR count). The summed E-state index contributed by atoms with van der Waals surface area (Å²) in [6.07, 6.45) is -1.55. The van der Waals surface area contributed by atoms with E-state index in [0.29, 0.717) is 0 Å². The Morgan fingerprint density at radius 3 is 1.50 bits per heavy atom. The average Bonchev–Trinajstić information content (AvgIpc) is 2.08. The molecular weight excluding hydrogens is 241 g/mol. The molecule has 0 unspecified atom stereocenters. The van der Waals surface area contributed by atoms with Crippen LogP contribution < -0.4 is 0 Å². The Kier molecular flexibility index (Phi) is 7.88. The van der Waals surface area contributed by atoms with Crippen LogP contribution in [0.3, 0.4) is 0 Å². The van der Waals surface area contributed by atoms with Gasteiger partial charge in [-0.3, -0.25) is 4.70 Å². The minimum Gasteiger partial charge on any atom is -0.311 e. The number of hydrogen-bond acceptors (Lipinski definition) is 9. The van der Waals surface area contributed by atoms with Crippen LogP contribution in [-0.4, -0.2) is 34.6 Å². The monoisotopic (exact) mass is 247 g/mol. The molecule has 0 radical (unpaired) electrons. The van der Waals surface area contributed by atoms with Gasteiger partial charge >= 0.3 is 0 Å². The molecule has 0 aromatic carbocycles. The molecule has 0 N–H and O–H groups in total. The lowest BCUT2D eigenvalue weighted by Gasteiger charge is -2.11. The molecule has 0 aliphatic heterocycles. The summed E-state index contributed by atoms with van der Waals surface area (Å²) < 4.78 is 0. The second-order valence-electron chi connectivity index (χ2n) is 1.99. The molecule has 0 aromatic heterocycles. The van der Waals surface area contributed by atoms with Crippen LogP contribution in [0.5, 0.6) is 0 Å². The second-order valence-corrected chi connectivity index (χ2v) is 1.99. The van der Waals surface area contributed by atoms with Crippen molar-refractivity contribution in [3.8, 4) is 0 Å². The molecule has 0 aliphatic carbocycles. The summed E-state index contributed by atoms with van der Waals surface area (Å²) in [4.78, 5) is 40.5. The zero-order valence-electron chi connectivity index (χ0n) is 7.42. The summed E-state index contributed by atoms with van der Waals surface area (Å²) in [5, 5.41) is 25.5. The highest BCUT2D eigenvalue weighted by Crippen LogP contribution is 1.96. The van der Waals surface area contributed by atoms with E-state index in [0.717, 1.165) is 0 Å². The van der Waals surface area contributed by atoms with Crippen molar-refractivity contribution in [3.05, 3.63) is 30.3 Å². The Balaban J connectivity index is 0. The molecule has 0 aliphatic rings. The van der Waals surface area contributed by atoms with Gasteiger partial charge in [0.15, 0.2) is 6.10 Å². The molecule has 16 heavy (non-hydrogen) atoms. The third-order valence-electron chi connectivity index (χ3n) is 0.967. The summed E-state index contributed by atoms with van der Waals surface area (Å²) in [5.41, 5.74) is 0. The molecule has 13 heteroatoms. The van der Waals surface area contributed by atoms with Crippen LogP contribution in [0.15, 0.2) is 0 Å². The van der Waals surface area contributed by atoms with E-state index >= 15 is 0 Å². The van der Waals surface area contributed by atoms with E-state index in [2.05, 4.69) is 14.5 Å². The standard InChI is InChI=1S/C3H5N3O9.FH/c7-4(8)13-1-3(15-6(11)12)2-14-5(9)10;/h3H,1-2H2;1H. The van der Waals surface area contributed by atoms with Gasteiger partial charge in [-0.25, -0.2) is 0 Å². The Morgan fingerprint density at radius 2 is 1.25 bits per heavy atom. The molecule has 0 bridgehead atoms. The third-order valence-corrected chi connectivity index (χ3v) is 0.967. The molecule has 0 saturated carbocycles. The van der Waals surface area contributed by atoms with Crippen molar-refractivity contribution in [2.24, 2.45) is 0 Å². The van der Waals surface area contributed by atoms with Crippen molar-refractivity contribution in [3.63, 3.8) is 0 Å². The van der Waals surface area contributed by atoms with E-state index in [1.807, 2.05) is 0 Å². The summed E-state index contributed by atoms with van der Waals surface area (Å²) in [5.74, 6) is 0. The highest BCUT2D eigenvalue weighted by molar-refractivity contribution is 4.49. The Bertz CT molecular complexity index is 240. The van der Waals surface area contributed by atoms with Crippen molar-refractivity contribution in [1.82, 2.24) is 0 Å². The summed E-state index contributed by atoms with van der Waals surface area (Å²) in [7, 11) is 0. The largest absolute Gasteiger partial charge is 0.311 e. The second kappa shape index (κ2) is 7.89. The minimum atomic E-state index is -1.55. The van der Waals surface area contributed by atoms with Gasteiger partial charge in [-0.1, -0.05) is 0 Å². The number of hydrogen-bond donors (Lipinski definition) is 0. The van der Waals surface area contributed by atoms with Gasteiger partial charge in [0.1, 0.15) is 13.2 Å². The molecule has 0 amide bonds. The summed E-state index contributed by atoms with van der Waals surface area (Å²) in [6.45, 7) is -1.69. The SMILES string of the molecule is F.O=[N+]([O-])OCC(CO[N+](=O)[O-])O[N+](=O)[O-]. The van der Waals surface area contributed by atoms with Crippen LogP contribution >= 0.6 is 0 Å². The third kappa shape index (κ3) is 9.62. The molecule has 0 aromatic rings. The molecule has 0 fully saturated rings. The fourth-order valence-electron chi connectivity index (χ4n) is 0.519. The van der Waals surface area contributed by atoms with Crippen molar-refractivity contribution >= 4 is 0 Å². The number of nitrogens with zero attached hydrogens (tertiary/aromatic N) is 3. The van der Waals surface area contributed by atoms with Crippen LogP contribution in [0.4, 0.5) is 4.70 Å². The zero-order chi connectivity index (χ0) is 11.8.